The average Bonchev–Trinajstić information content (AvgIpc) is 0. The van der Waals surface area contributed by atoms with Crippen LogP contribution in [0.1, 0.15) is 0 Å². The van der Waals surface area contributed by atoms with Crippen molar-refractivity contribution in [3.05, 3.63) is 0 Å². The van der Waals surface area contributed by atoms with Crippen LogP contribution in [0, 0.1) is 0 Å². The molecule has 10 heavy (non-hydrogen) atoms. The Morgan fingerprint density at radius 2 is 0.300 bits per heavy atom. The van der Waals surface area contributed by atoms with Crippen LogP contribution in [0.2, 0.25) is 0 Å². The van der Waals surface area contributed by atoms with Crippen molar-refractivity contribution in [2.24, 2.45) is 0 Å². The van der Waals surface area contributed by atoms with Gasteiger partial charge in [-0.2, -0.15) is 0 Å². The van der Waals surface area contributed by atoms with Crippen molar-refractivity contribution >= 4 is 0 Å². The van der Waals surface area contributed by atoms with Crippen LogP contribution in [0.25, 0.3) is 0 Å². The first kappa shape index (κ1) is 1100. The molecule has 0 nitrogen and oxygen atoms in total. The van der Waals surface area contributed by atoms with Gasteiger partial charge < -0.3 is 37.6 Å². The molecule has 0 rings (SSSR count). The Labute approximate surface area is 84.5 Å². The fourth-order valence-electron chi connectivity index (χ4n) is 0. The van der Waals surface area contributed by atoms with Crippen LogP contribution >= 0.6 is 0 Å². The molecular weight excluding hydrogens is 514 g/mol. The Morgan fingerprint density at radius 1 is 0.300 bits per heavy atom. The smallest absolute Gasteiger partial charge is 1.00 e. The molecule has 0 unspecified atom stereocenters. The van der Waals surface area contributed by atoms with Crippen LogP contribution in [0.5, 0.6) is 0 Å². The molecule has 0 aliphatic rings. The van der Waals surface area contributed by atoms with Crippen LogP contribution < -0.4 is 37.6 Å². The SMILES string of the molecule is [F-].[F-].[F-].[F-].[F-].[F-].[F-].[F-].[Hf+4].[W+4]. The topological polar surface area (TPSA) is 0 Å². The van der Waals surface area contributed by atoms with E-state index in [1.54, 1.807) is 0 Å². The third-order valence-corrected chi connectivity index (χ3v) is 0. The zero-order valence-corrected chi connectivity index (χ0v) is 10.5. The summed E-state index contributed by atoms with van der Waals surface area (Å²) in [6.45, 7) is 0. The molecule has 0 aliphatic heterocycles. The van der Waals surface area contributed by atoms with E-state index in [9.17, 15) is 0 Å². The number of hydrogen-bond acceptors (Lipinski definition) is 0. The van der Waals surface area contributed by atoms with E-state index >= 15 is 0 Å². The molecular formula is F8HfW. The molecule has 0 aromatic carbocycles. The molecule has 0 saturated heterocycles. The van der Waals surface area contributed by atoms with Crippen LogP contribution in [-0.4, -0.2) is 0 Å². The van der Waals surface area contributed by atoms with Crippen molar-refractivity contribution in [2.45, 2.75) is 0 Å². The second-order valence-corrected chi connectivity index (χ2v) is 0. The minimum Gasteiger partial charge on any atom is -1.00 e. The van der Waals surface area contributed by atoms with E-state index in [2.05, 4.69) is 0 Å². The van der Waals surface area contributed by atoms with Crippen molar-refractivity contribution in [2.75, 3.05) is 0 Å². The van der Waals surface area contributed by atoms with Gasteiger partial charge in [-0.05, 0) is 0 Å². The van der Waals surface area contributed by atoms with E-state index in [1.807, 2.05) is 0 Å². The second-order valence-electron chi connectivity index (χ2n) is 0. The molecule has 0 aliphatic carbocycles. The third kappa shape index (κ3) is 577. The van der Waals surface area contributed by atoms with E-state index in [4.69, 9.17) is 0 Å². The van der Waals surface area contributed by atoms with Gasteiger partial charge in [-0.3, -0.25) is 0 Å². The van der Waals surface area contributed by atoms with E-state index in [-0.39, 0.29) is 84.5 Å². The summed E-state index contributed by atoms with van der Waals surface area (Å²) in [5.74, 6) is 0. The largest absolute Gasteiger partial charge is 4.00 e. The molecule has 0 aromatic heterocycles. The van der Waals surface area contributed by atoms with E-state index in [0.717, 1.165) is 0 Å². The van der Waals surface area contributed by atoms with E-state index in [0.29, 0.717) is 0 Å². The van der Waals surface area contributed by atoms with Gasteiger partial charge in [0.15, 0.2) is 0 Å². The monoisotopic (exact) mass is 516 g/mol. The molecule has 66 valence electrons. The van der Waals surface area contributed by atoms with Crippen LogP contribution in [0.15, 0.2) is 0 Å². The molecule has 0 heterocycles. The standard InChI is InChI=1S/8FH.Hf.W/h8*1H;;/q;;;;;;;;2*+4/p-8. The maximum absolute atomic E-state index is 0. The van der Waals surface area contributed by atoms with E-state index in [1.165, 1.54) is 0 Å². The summed E-state index contributed by atoms with van der Waals surface area (Å²) < 4.78 is 0. The second kappa shape index (κ2) is 812. The zero-order chi connectivity index (χ0) is 0. The molecule has 0 bridgehead atoms. The van der Waals surface area contributed by atoms with Crippen LogP contribution in [0.3, 0.4) is 0 Å². The van der Waals surface area contributed by atoms with E-state index < -0.39 is 0 Å². The maximum atomic E-state index is 0. The quantitative estimate of drug-likeness (QED) is 0.223. The Balaban J connectivity index is 0. The Morgan fingerprint density at radius 3 is 0.300 bits per heavy atom. The first-order valence-corrected chi connectivity index (χ1v) is 0. The summed E-state index contributed by atoms with van der Waals surface area (Å²) >= 11 is 0. The minimum absolute atomic E-state index is 0. The van der Waals surface area contributed by atoms with Crippen molar-refractivity contribution < 1.29 is 84.5 Å². The molecule has 0 aromatic rings. The number of hydrogen-bond donors (Lipinski definition) is 0. The van der Waals surface area contributed by atoms with Gasteiger partial charge in [0.2, 0.25) is 0 Å². The van der Waals surface area contributed by atoms with Gasteiger partial charge in [0.05, 0.1) is 0 Å². The van der Waals surface area contributed by atoms with Gasteiger partial charge in [-0.1, -0.05) is 0 Å². The maximum Gasteiger partial charge on any atom is 4.00 e. The summed E-state index contributed by atoms with van der Waals surface area (Å²) in [6.07, 6.45) is 0. The number of rotatable bonds is 0. The number of halogens is 8. The zero-order valence-electron chi connectivity index (χ0n) is 3.93. The Hall–Kier alpha value is 0.998. The van der Waals surface area contributed by atoms with Crippen molar-refractivity contribution in [3.63, 3.8) is 0 Å². The van der Waals surface area contributed by atoms with Gasteiger partial charge in [-0.15, -0.1) is 0 Å². The molecule has 0 N–H and O–H groups in total. The third-order valence-electron chi connectivity index (χ3n) is 0. The van der Waals surface area contributed by atoms with Crippen molar-refractivity contribution in [1.29, 1.82) is 0 Å². The predicted molar refractivity (Wildman–Crippen MR) is 0 cm³/mol. The average molecular weight is 514 g/mol. The molecule has 0 amide bonds. The van der Waals surface area contributed by atoms with Crippen LogP contribution in [-0.2, 0) is 46.9 Å². The molecule has 0 saturated carbocycles. The van der Waals surface area contributed by atoms with Gasteiger partial charge in [0, 0.05) is 0 Å². The van der Waals surface area contributed by atoms with Crippen molar-refractivity contribution in [3.8, 4) is 0 Å². The summed E-state index contributed by atoms with van der Waals surface area (Å²) in [7, 11) is 0. The summed E-state index contributed by atoms with van der Waals surface area (Å²) in [4.78, 5) is 0. The Bertz CT molecular complexity index is 9.22. The minimum atomic E-state index is 0. The fraction of sp³-hybridized carbons (Fsp3) is 0. The summed E-state index contributed by atoms with van der Waals surface area (Å²) in [6, 6.07) is 0. The predicted octanol–water partition coefficient (Wildman–Crippen LogP) is -24.0. The molecule has 0 atom stereocenters. The van der Waals surface area contributed by atoms with Gasteiger partial charge in [0.25, 0.3) is 0 Å². The summed E-state index contributed by atoms with van der Waals surface area (Å²) in [5.41, 5.74) is 0. The fourth-order valence-corrected chi connectivity index (χ4v) is 0. The molecule has 0 radical (unpaired) electrons. The Kier molecular flexibility index (Phi) is 89600. The first-order valence-electron chi connectivity index (χ1n) is 0. The van der Waals surface area contributed by atoms with Crippen molar-refractivity contribution in [1.82, 2.24) is 0 Å². The van der Waals surface area contributed by atoms with Gasteiger partial charge >= 0.3 is 46.9 Å². The summed E-state index contributed by atoms with van der Waals surface area (Å²) in [5, 5.41) is 0. The molecule has 0 fully saturated rings. The molecule has 10 heteroatoms. The van der Waals surface area contributed by atoms with Crippen LogP contribution in [0.4, 0.5) is 0 Å². The van der Waals surface area contributed by atoms with Gasteiger partial charge in [0.1, 0.15) is 0 Å². The molecule has 0 spiro atoms. The first-order chi connectivity index (χ1) is 0. The van der Waals surface area contributed by atoms with Gasteiger partial charge in [-0.25, -0.2) is 0 Å². The normalized spacial score (nSPS) is 0.